The Bertz CT molecular complexity index is 1910. The zero-order chi connectivity index (χ0) is 38.9. The number of aromatic nitrogens is 2. The highest BCUT2D eigenvalue weighted by atomic mass is 28.1. The fourth-order valence-corrected chi connectivity index (χ4v) is 7.82. The van der Waals surface area contributed by atoms with Crippen molar-refractivity contribution in [3.63, 3.8) is 0 Å². The van der Waals surface area contributed by atoms with E-state index in [-0.39, 0.29) is 35.4 Å². The molecule has 4 heterocycles. The van der Waals surface area contributed by atoms with Gasteiger partial charge in [0.05, 0.1) is 36.9 Å². The summed E-state index contributed by atoms with van der Waals surface area (Å²) in [5.74, 6) is -3.61. The predicted octanol–water partition coefficient (Wildman–Crippen LogP) is 3.94. The van der Waals surface area contributed by atoms with Crippen LogP contribution in [0.3, 0.4) is 0 Å². The molecule has 3 aromatic rings. The maximum atomic E-state index is 14.8. The van der Waals surface area contributed by atoms with Crippen LogP contribution in [-0.4, -0.2) is 119 Å². The largest absolute Gasteiger partial charge is 0.416 e. The third-order valence-electron chi connectivity index (χ3n) is 10.4. The van der Waals surface area contributed by atoms with Gasteiger partial charge in [0.15, 0.2) is 5.69 Å². The SMILES string of the molecule is CCN1C(=O)[C@@H](NC(=O)c2cccc(C(F)(F)F)c2)[C@@H](c2ccc(F)cc2)c2c(C(=O)N(C)[C@H](C#N)[C@@H]([Si])CN(C)C3COC3)nn(C3CCOCC3)c21. The molecule has 2 aromatic carbocycles. The monoisotopic (exact) mass is 766 g/mol. The minimum absolute atomic E-state index is 0.0809. The maximum Gasteiger partial charge on any atom is 0.416 e. The molecule has 3 radical (unpaired) electrons. The van der Waals surface area contributed by atoms with E-state index in [9.17, 15) is 37.2 Å². The van der Waals surface area contributed by atoms with Gasteiger partial charge in [0.25, 0.3) is 17.7 Å². The van der Waals surface area contributed by atoms with Crippen molar-refractivity contribution in [1.82, 2.24) is 24.9 Å². The number of rotatable bonds is 11. The smallest absolute Gasteiger partial charge is 0.381 e. The van der Waals surface area contributed by atoms with Gasteiger partial charge >= 0.3 is 6.18 Å². The van der Waals surface area contributed by atoms with Crippen LogP contribution >= 0.6 is 0 Å². The minimum Gasteiger partial charge on any atom is -0.381 e. The minimum atomic E-state index is -4.72. The highest BCUT2D eigenvalue weighted by Gasteiger charge is 2.48. The first kappa shape index (κ1) is 39.1. The Morgan fingerprint density at radius 2 is 1.80 bits per heavy atom. The Labute approximate surface area is 313 Å². The van der Waals surface area contributed by atoms with E-state index in [1.807, 2.05) is 11.9 Å². The second-order valence-electron chi connectivity index (χ2n) is 13.7. The van der Waals surface area contributed by atoms with E-state index in [0.29, 0.717) is 63.3 Å². The van der Waals surface area contributed by atoms with E-state index < -0.39 is 58.8 Å². The van der Waals surface area contributed by atoms with Crippen LogP contribution in [0.1, 0.15) is 69.3 Å². The fourth-order valence-electron chi connectivity index (χ4n) is 7.24. The fraction of sp³-hybridized carbons (Fsp3) is 0.486. The molecule has 17 heteroatoms. The lowest BCUT2D eigenvalue weighted by molar-refractivity contribution is -0.137. The van der Waals surface area contributed by atoms with E-state index in [4.69, 9.17) is 14.6 Å². The van der Waals surface area contributed by atoms with Gasteiger partial charge in [0.2, 0.25) is 0 Å². The number of carbonyl (C=O) groups excluding carboxylic acids is 3. The number of hydrogen-bond acceptors (Lipinski definition) is 8. The van der Waals surface area contributed by atoms with E-state index in [1.54, 1.807) is 11.6 Å². The maximum absolute atomic E-state index is 14.8. The zero-order valence-electron chi connectivity index (χ0n) is 30.0. The number of amides is 3. The number of benzene rings is 2. The molecule has 0 unspecified atom stereocenters. The first-order valence-corrected chi connectivity index (χ1v) is 18.2. The number of nitriles is 1. The molecule has 1 aromatic heterocycles. The molecule has 2 fully saturated rings. The van der Waals surface area contributed by atoms with Crippen molar-refractivity contribution in [3.8, 4) is 6.07 Å². The number of hydrogen-bond donors (Lipinski definition) is 1. The average molecular weight is 767 g/mol. The second kappa shape index (κ2) is 16.0. The number of ether oxygens (including phenoxy) is 2. The molecule has 1 N–H and O–H groups in total. The summed E-state index contributed by atoms with van der Waals surface area (Å²) in [6, 6.07) is 8.72. The number of nitrogens with one attached hydrogen (secondary N) is 1. The summed E-state index contributed by atoms with van der Waals surface area (Å²) in [7, 11) is 7.08. The Hall–Kier alpha value is -4.63. The third-order valence-corrected chi connectivity index (χ3v) is 10.9. The number of halogens is 4. The topological polar surface area (TPSA) is 133 Å². The average Bonchev–Trinajstić information content (AvgIpc) is 3.51. The Balaban J connectivity index is 1.48. The van der Waals surface area contributed by atoms with E-state index in [2.05, 4.69) is 21.6 Å². The van der Waals surface area contributed by atoms with Gasteiger partial charge in [-0.2, -0.15) is 23.5 Å². The molecule has 12 nitrogen and oxygen atoms in total. The highest BCUT2D eigenvalue weighted by molar-refractivity contribution is 6.13. The Morgan fingerprint density at radius 3 is 2.39 bits per heavy atom. The molecular weight excluding hydrogens is 727 g/mol. The summed E-state index contributed by atoms with van der Waals surface area (Å²) >= 11 is 0. The number of alkyl halides is 3. The van der Waals surface area contributed by atoms with Crippen molar-refractivity contribution in [1.29, 1.82) is 5.26 Å². The molecule has 2 saturated heterocycles. The summed E-state index contributed by atoms with van der Waals surface area (Å²) in [6.07, 6.45) is -3.69. The van der Waals surface area contributed by atoms with Crippen LogP contribution in [-0.2, 0) is 20.4 Å². The zero-order valence-corrected chi connectivity index (χ0v) is 31.0. The molecule has 3 aliphatic rings. The van der Waals surface area contributed by atoms with Gasteiger partial charge in [-0.1, -0.05) is 18.2 Å². The van der Waals surface area contributed by atoms with Gasteiger partial charge in [-0.25, -0.2) is 9.07 Å². The van der Waals surface area contributed by atoms with Gasteiger partial charge in [0, 0.05) is 60.6 Å². The van der Waals surface area contributed by atoms with Crippen LogP contribution in [0, 0.1) is 17.1 Å². The van der Waals surface area contributed by atoms with E-state index in [1.165, 1.54) is 47.2 Å². The van der Waals surface area contributed by atoms with Crippen molar-refractivity contribution in [2.45, 2.75) is 61.6 Å². The molecule has 54 heavy (non-hydrogen) atoms. The molecule has 285 valence electrons. The van der Waals surface area contributed by atoms with Crippen LogP contribution in [0.2, 0.25) is 5.54 Å². The van der Waals surface area contributed by atoms with E-state index >= 15 is 0 Å². The quantitative estimate of drug-likeness (QED) is 0.230. The number of fused-ring (bicyclic) bond motifs is 1. The number of likely N-dealkylation sites (N-methyl/N-ethyl adjacent to an activating group) is 2. The van der Waals surface area contributed by atoms with Gasteiger partial charge < -0.3 is 19.7 Å². The van der Waals surface area contributed by atoms with Gasteiger partial charge in [-0.3, -0.25) is 24.2 Å². The lowest BCUT2D eigenvalue weighted by atomic mass is 9.80. The third kappa shape index (κ3) is 7.65. The number of nitrogens with zero attached hydrogens (tertiary/aromatic N) is 6. The van der Waals surface area contributed by atoms with Crippen LogP contribution < -0.4 is 10.2 Å². The highest BCUT2D eigenvalue weighted by Crippen LogP contribution is 2.45. The van der Waals surface area contributed by atoms with Crippen LogP contribution in [0.4, 0.5) is 23.4 Å². The van der Waals surface area contributed by atoms with Crippen molar-refractivity contribution >= 4 is 33.8 Å². The van der Waals surface area contributed by atoms with E-state index in [0.717, 1.165) is 12.1 Å². The molecule has 0 aliphatic carbocycles. The lowest BCUT2D eigenvalue weighted by Crippen LogP contribution is -2.56. The summed E-state index contributed by atoms with van der Waals surface area (Å²) in [4.78, 5) is 47.8. The first-order valence-electron chi connectivity index (χ1n) is 17.7. The van der Waals surface area contributed by atoms with Gasteiger partial charge in [-0.05, 0) is 68.2 Å². The molecular formula is C37H40F4N7O5Si. The summed E-state index contributed by atoms with van der Waals surface area (Å²) in [6.45, 7) is 4.12. The van der Waals surface area contributed by atoms with Crippen molar-refractivity contribution in [3.05, 3.63) is 82.3 Å². The number of anilines is 1. The first-order chi connectivity index (χ1) is 25.7. The molecule has 0 spiro atoms. The lowest BCUT2D eigenvalue weighted by Gasteiger charge is -2.39. The predicted molar refractivity (Wildman–Crippen MR) is 189 cm³/mol. The van der Waals surface area contributed by atoms with Crippen molar-refractivity contribution < 1.29 is 41.4 Å². The molecule has 6 rings (SSSR count). The summed E-state index contributed by atoms with van der Waals surface area (Å²) in [5, 5.41) is 17.9. The molecule has 3 amide bonds. The van der Waals surface area contributed by atoms with Crippen molar-refractivity contribution in [2.75, 3.05) is 58.5 Å². The van der Waals surface area contributed by atoms with Crippen LogP contribution in [0.25, 0.3) is 0 Å². The Kier molecular flexibility index (Phi) is 11.6. The van der Waals surface area contributed by atoms with Gasteiger partial charge in [0.1, 0.15) is 23.7 Å². The molecule has 4 atom stereocenters. The molecule has 0 saturated carbocycles. The van der Waals surface area contributed by atoms with Crippen LogP contribution in [0.5, 0.6) is 0 Å². The summed E-state index contributed by atoms with van der Waals surface area (Å²) < 4.78 is 67.7. The summed E-state index contributed by atoms with van der Waals surface area (Å²) in [5.41, 5.74) is -1.36. The second-order valence-corrected chi connectivity index (χ2v) is 14.5. The standard InChI is InChI=1S/C37H40F4N7O5Si/c1-4-47-34-30(29(21-8-10-24(38)11-9-21)31(36(47)51)43-33(49)22-6-5-7-23(16-22)37(39,40)41)32(44-48(34)25-12-14-52-15-13-25)35(50)46(3)27(17-42)28(54)18-45(2)26-19-53-20-26/h5-11,16,25-29,31H,4,12-15,18-20H2,1-3H3,(H,43,49)/t27-,28+,29+,31+/m1/s1. The molecule has 3 aliphatic heterocycles. The van der Waals surface area contributed by atoms with Crippen molar-refractivity contribution in [2.24, 2.45) is 0 Å². The Morgan fingerprint density at radius 1 is 1.11 bits per heavy atom. The van der Waals surface area contributed by atoms with Gasteiger partial charge in [-0.15, -0.1) is 0 Å². The molecule has 0 bridgehead atoms. The van der Waals surface area contributed by atoms with Crippen LogP contribution in [0.15, 0.2) is 48.5 Å². The number of carbonyl (C=O) groups is 3. The normalized spacial score (nSPS) is 20.5.